The minimum atomic E-state index is -0.0515. The molecule has 3 aromatic rings. The Balaban J connectivity index is 1.74. The van der Waals surface area contributed by atoms with Gasteiger partial charge in [-0.25, -0.2) is 4.98 Å². The average Bonchev–Trinajstić information content (AvgIpc) is 3.07. The highest BCUT2D eigenvalue weighted by Crippen LogP contribution is 2.29. The van der Waals surface area contributed by atoms with Crippen LogP contribution in [0.25, 0.3) is 10.1 Å². The first-order valence-corrected chi connectivity index (χ1v) is 9.01. The van der Waals surface area contributed by atoms with Gasteiger partial charge in [0.15, 0.2) is 5.13 Å². The predicted molar refractivity (Wildman–Crippen MR) is 95.4 cm³/mol. The maximum absolute atomic E-state index is 12.2. The molecule has 0 aliphatic rings. The van der Waals surface area contributed by atoms with Crippen LogP contribution in [0.15, 0.2) is 29.8 Å². The summed E-state index contributed by atoms with van der Waals surface area (Å²) in [5, 5.41) is 7.29. The van der Waals surface area contributed by atoms with Gasteiger partial charge in [0.05, 0.1) is 6.42 Å². The predicted octanol–water partition coefficient (Wildman–Crippen LogP) is 5.32. The fourth-order valence-corrected chi connectivity index (χ4v) is 4.09. The largest absolute Gasteiger partial charge is 0.302 e. The van der Waals surface area contributed by atoms with Gasteiger partial charge in [-0.15, -0.1) is 22.7 Å². The molecule has 3 rings (SSSR count). The molecular formula is C16H15ClN2OS2. The van der Waals surface area contributed by atoms with Crippen LogP contribution in [-0.2, 0) is 11.2 Å². The summed E-state index contributed by atoms with van der Waals surface area (Å²) in [7, 11) is 0. The van der Waals surface area contributed by atoms with Crippen molar-refractivity contribution in [3.05, 3.63) is 45.2 Å². The fraction of sp³-hybridized carbons (Fsp3) is 0.250. The van der Waals surface area contributed by atoms with Gasteiger partial charge in [0.25, 0.3) is 0 Å². The van der Waals surface area contributed by atoms with E-state index in [0.717, 1.165) is 15.6 Å². The SMILES string of the molecule is CC(C)c1cnc(NC(=O)Cc2csc3ccc(Cl)cc23)s1. The minimum Gasteiger partial charge on any atom is -0.302 e. The Bertz CT molecular complexity index is 823. The van der Waals surface area contributed by atoms with Crippen LogP contribution in [0.3, 0.4) is 0 Å². The number of fused-ring (bicyclic) bond motifs is 1. The molecule has 3 nitrogen and oxygen atoms in total. The van der Waals surface area contributed by atoms with Crippen molar-refractivity contribution in [2.75, 3.05) is 5.32 Å². The molecule has 2 heterocycles. The van der Waals surface area contributed by atoms with E-state index in [1.54, 1.807) is 11.3 Å². The molecule has 0 radical (unpaired) electrons. The van der Waals surface area contributed by atoms with Crippen LogP contribution in [0.2, 0.25) is 5.02 Å². The molecule has 0 atom stereocenters. The van der Waals surface area contributed by atoms with E-state index >= 15 is 0 Å². The van der Waals surface area contributed by atoms with E-state index in [4.69, 9.17) is 11.6 Å². The van der Waals surface area contributed by atoms with Crippen LogP contribution in [0.5, 0.6) is 0 Å². The Labute approximate surface area is 142 Å². The van der Waals surface area contributed by atoms with Crippen LogP contribution in [0.4, 0.5) is 5.13 Å². The second-order valence-electron chi connectivity index (χ2n) is 5.35. The standard InChI is InChI=1S/C16H15ClN2OS2/c1-9(2)14-7-18-16(22-14)19-15(20)5-10-8-21-13-4-3-11(17)6-12(10)13/h3-4,6-9H,5H2,1-2H3,(H,18,19,20). The quantitative estimate of drug-likeness (QED) is 0.692. The van der Waals surface area contributed by atoms with Crippen molar-refractivity contribution >= 4 is 55.4 Å². The van der Waals surface area contributed by atoms with Gasteiger partial charge in [-0.05, 0) is 40.4 Å². The molecular weight excluding hydrogens is 336 g/mol. The van der Waals surface area contributed by atoms with Crippen molar-refractivity contribution in [1.29, 1.82) is 0 Å². The van der Waals surface area contributed by atoms with Crippen molar-refractivity contribution in [2.24, 2.45) is 0 Å². The number of thiazole rings is 1. The third kappa shape index (κ3) is 3.32. The second-order valence-corrected chi connectivity index (χ2v) is 7.76. The number of rotatable bonds is 4. The summed E-state index contributed by atoms with van der Waals surface area (Å²) < 4.78 is 1.14. The number of halogens is 1. The summed E-state index contributed by atoms with van der Waals surface area (Å²) in [6.45, 7) is 4.22. The molecule has 0 fully saturated rings. The van der Waals surface area contributed by atoms with Gasteiger partial charge in [-0.2, -0.15) is 0 Å². The number of nitrogens with one attached hydrogen (secondary N) is 1. The Hall–Kier alpha value is -1.43. The number of nitrogens with zero attached hydrogens (tertiary/aromatic N) is 1. The molecule has 0 spiro atoms. The Kier molecular flexibility index (Phi) is 4.47. The zero-order valence-corrected chi connectivity index (χ0v) is 14.6. The molecule has 2 aromatic heterocycles. The van der Waals surface area contributed by atoms with Gasteiger partial charge < -0.3 is 5.32 Å². The van der Waals surface area contributed by atoms with E-state index in [1.807, 2.05) is 29.8 Å². The first-order valence-electron chi connectivity index (χ1n) is 6.94. The van der Waals surface area contributed by atoms with Crippen molar-refractivity contribution in [3.63, 3.8) is 0 Å². The highest BCUT2D eigenvalue weighted by atomic mass is 35.5. The van der Waals surface area contributed by atoms with Crippen LogP contribution in [0.1, 0.15) is 30.2 Å². The number of thiophene rings is 1. The van der Waals surface area contributed by atoms with Gasteiger partial charge in [-0.3, -0.25) is 4.79 Å². The van der Waals surface area contributed by atoms with E-state index in [1.165, 1.54) is 16.2 Å². The molecule has 1 aromatic carbocycles. The molecule has 0 unspecified atom stereocenters. The lowest BCUT2D eigenvalue weighted by Gasteiger charge is -2.02. The number of carbonyl (C=O) groups excluding carboxylic acids is 1. The van der Waals surface area contributed by atoms with Gasteiger partial charge in [0, 0.05) is 20.8 Å². The summed E-state index contributed by atoms with van der Waals surface area (Å²) in [4.78, 5) is 17.6. The summed E-state index contributed by atoms with van der Waals surface area (Å²) in [5.74, 6) is 0.371. The zero-order valence-electron chi connectivity index (χ0n) is 12.2. The smallest absolute Gasteiger partial charge is 0.230 e. The summed E-state index contributed by atoms with van der Waals surface area (Å²) in [5.41, 5.74) is 1.00. The number of hydrogen-bond acceptors (Lipinski definition) is 4. The van der Waals surface area contributed by atoms with Crippen molar-refractivity contribution in [2.45, 2.75) is 26.2 Å². The van der Waals surface area contributed by atoms with Gasteiger partial charge in [0.2, 0.25) is 5.91 Å². The first kappa shape index (κ1) is 15.5. The number of hydrogen-bond donors (Lipinski definition) is 1. The van der Waals surface area contributed by atoms with E-state index in [0.29, 0.717) is 22.5 Å². The highest BCUT2D eigenvalue weighted by molar-refractivity contribution is 7.17. The summed E-state index contributed by atoms with van der Waals surface area (Å²) in [6, 6.07) is 5.77. The summed E-state index contributed by atoms with van der Waals surface area (Å²) >= 11 is 9.20. The molecule has 6 heteroatoms. The lowest BCUT2D eigenvalue weighted by Crippen LogP contribution is -2.13. The van der Waals surface area contributed by atoms with E-state index in [2.05, 4.69) is 24.1 Å². The van der Waals surface area contributed by atoms with Crippen molar-refractivity contribution < 1.29 is 4.79 Å². The van der Waals surface area contributed by atoms with Crippen LogP contribution in [-0.4, -0.2) is 10.9 Å². The number of aromatic nitrogens is 1. The lowest BCUT2D eigenvalue weighted by molar-refractivity contribution is -0.115. The van der Waals surface area contributed by atoms with Crippen LogP contribution in [0, 0.1) is 0 Å². The number of benzene rings is 1. The first-order chi connectivity index (χ1) is 10.5. The molecule has 114 valence electrons. The zero-order chi connectivity index (χ0) is 15.7. The third-order valence-corrected chi connectivity index (χ3v) is 5.77. The van der Waals surface area contributed by atoms with E-state index < -0.39 is 0 Å². The number of anilines is 1. The second kappa shape index (κ2) is 6.36. The number of amides is 1. The van der Waals surface area contributed by atoms with Gasteiger partial charge in [0.1, 0.15) is 0 Å². The molecule has 1 N–H and O–H groups in total. The highest BCUT2D eigenvalue weighted by Gasteiger charge is 2.12. The van der Waals surface area contributed by atoms with Gasteiger partial charge >= 0.3 is 0 Å². The molecule has 22 heavy (non-hydrogen) atoms. The van der Waals surface area contributed by atoms with Crippen LogP contribution >= 0.6 is 34.3 Å². The molecule has 1 amide bonds. The van der Waals surface area contributed by atoms with E-state index in [-0.39, 0.29) is 5.91 Å². The normalized spacial score (nSPS) is 11.3. The molecule has 0 aliphatic heterocycles. The molecule has 0 saturated heterocycles. The Morgan fingerprint density at radius 2 is 2.23 bits per heavy atom. The monoisotopic (exact) mass is 350 g/mol. The Morgan fingerprint density at radius 1 is 1.41 bits per heavy atom. The summed E-state index contributed by atoms with van der Waals surface area (Å²) in [6.07, 6.45) is 2.15. The molecule has 0 saturated carbocycles. The average molecular weight is 351 g/mol. The third-order valence-electron chi connectivity index (χ3n) is 3.31. The Morgan fingerprint density at radius 3 is 2.95 bits per heavy atom. The lowest BCUT2D eigenvalue weighted by atomic mass is 10.1. The van der Waals surface area contributed by atoms with Crippen molar-refractivity contribution in [1.82, 2.24) is 4.98 Å². The minimum absolute atomic E-state index is 0.0515. The fourth-order valence-electron chi connectivity index (χ4n) is 2.14. The molecule has 0 bridgehead atoms. The maximum Gasteiger partial charge on any atom is 0.230 e. The van der Waals surface area contributed by atoms with E-state index in [9.17, 15) is 4.79 Å². The number of carbonyl (C=O) groups is 1. The topological polar surface area (TPSA) is 42.0 Å². The van der Waals surface area contributed by atoms with Gasteiger partial charge in [-0.1, -0.05) is 25.4 Å². The molecule has 0 aliphatic carbocycles. The van der Waals surface area contributed by atoms with Crippen LogP contribution < -0.4 is 5.32 Å². The van der Waals surface area contributed by atoms with Crippen molar-refractivity contribution in [3.8, 4) is 0 Å². The maximum atomic E-state index is 12.2.